The van der Waals surface area contributed by atoms with Crippen LogP contribution in [0.15, 0.2) is 26.9 Å². The van der Waals surface area contributed by atoms with Gasteiger partial charge in [0.2, 0.25) is 5.91 Å². The molecule has 1 atom stereocenters. The lowest BCUT2D eigenvalue weighted by atomic mass is 10.1. The van der Waals surface area contributed by atoms with E-state index in [0.717, 1.165) is 33.0 Å². The van der Waals surface area contributed by atoms with Gasteiger partial charge in [0.15, 0.2) is 8.68 Å². The Balaban J connectivity index is 1.52. The zero-order valence-electron chi connectivity index (χ0n) is 14.6. The van der Waals surface area contributed by atoms with Crippen LogP contribution in [0.25, 0.3) is 0 Å². The Morgan fingerprint density at radius 3 is 2.92 bits per heavy atom. The summed E-state index contributed by atoms with van der Waals surface area (Å²) < 4.78 is 1.85. The minimum atomic E-state index is -0.199. The fourth-order valence-corrected chi connectivity index (χ4v) is 6.02. The molecule has 1 heterocycles. The van der Waals surface area contributed by atoms with E-state index >= 15 is 0 Å². The average molecular weight is 394 g/mol. The van der Waals surface area contributed by atoms with Crippen LogP contribution in [0.2, 0.25) is 0 Å². The van der Waals surface area contributed by atoms with E-state index in [1.165, 1.54) is 42.2 Å². The summed E-state index contributed by atoms with van der Waals surface area (Å²) in [5, 5.41) is 11.2. The SMILES string of the molecule is CCCCSc1nnc(S[C@H](C)C(=O)Nc2ccc3c(c2)CCC3)s1. The first kappa shape index (κ1) is 18.7. The molecule has 1 aromatic carbocycles. The fraction of sp³-hybridized carbons (Fsp3) is 0.500. The smallest absolute Gasteiger partial charge is 0.237 e. The second kappa shape index (κ2) is 9.05. The zero-order chi connectivity index (χ0) is 17.6. The van der Waals surface area contributed by atoms with Crippen molar-refractivity contribution < 1.29 is 4.79 Å². The number of aromatic nitrogens is 2. The van der Waals surface area contributed by atoms with Crippen molar-refractivity contribution in [3.8, 4) is 0 Å². The van der Waals surface area contributed by atoms with Gasteiger partial charge in [-0.3, -0.25) is 4.79 Å². The molecule has 0 fully saturated rings. The van der Waals surface area contributed by atoms with Crippen molar-refractivity contribution in [2.24, 2.45) is 0 Å². The second-order valence-electron chi connectivity index (χ2n) is 6.12. The molecule has 0 saturated carbocycles. The van der Waals surface area contributed by atoms with E-state index in [-0.39, 0.29) is 11.2 Å². The van der Waals surface area contributed by atoms with E-state index in [9.17, 15) is 4.79 Å². The predicted molar refractivity (Wildman–Crippen MR) is 108 cm³/mol. The van der Waals surface area contributed by atoms with Crippen molar-refractivity contribution in [2.45, 2.75) is 59.9 Å². The number of unbranched alkanes of at least 4 members (excludes halogenated alkanes) is 1. The number of carbonyl (C=O) groups excluding carboxylic acids is 1. The van der Waals surface area contributed by atoms with Gasteiger partial charge in [0, 0.05) is 11.4 Å². The standard InChI is InChI=1S/C18H23N3OS3/c1-3-4-10-23-17-20-21-18(25-17)24-12(2)16(22)19-15-9-8-13-6-5-7-14(13)11-15/h8-9,11-12H,3-7,10H2,1-2H3,(H,19,22)/t12-/m1/s1. The maximum absolute atomic E-state index is 12.5. The van der Waals surface area contributed by atoms with E-state index in [1.54, 1.807) is 23.1 Å². The van der Waals surface area contributed by atoms with Crippen LogP contribution >= 0.6 is 34.9 Å². The van der Waals surface area contributed by atoms with Crippen LogP contribution in [-0.4, -0.2) is 27.1 Å². The molecule has 7 heteroatoms. The molecule has 3 rings (SSSR count). The number of aryl methyl sites for hydroxylation is 2. The molecule has 25 heavy (non-hydrogen) atoms. The molecule has 0 spiro atoms. The highest BCUT2D eigenvalue weighted by Crippen LogP contribution is 2.32. The number of carbonyl (C=O) groups is 1. The largest absolute Gasteiger partial charge is 0.325 e. The van der Waals surface area contributed by atoms with Gasteiger partial charge in [0.25, 0.3) is 0 Å². The van der Waals surface area contributed by atoms with Crippen LogP contribution in [0, 0.1) is 0 Å². The molecule has 1 aliphatic carbocycles. The van der Waals surface area contributed by atoms with Crippen LogP contribution in [0.1, 0.15) is 44.2 Å². The van der Waals surface area contributed by atoms with Gasteiger partial charge in [-0.05, 0) is 55.9 Å². The number of hydrogen-bond acceptors (Lipinski definition) is 6. The van der Waals surface area contributed by atoms with Crippen molar-refractivity contribution in [1.29, 1.82) is 0 Å². The molecule has 134 valence electrons. The minimum absolute atomic E-state index is 0.0123. The van der Waals surface area contributed by atoms with Crippen LogP contribution in [0.5, 0.6) is 0 Å². The highest BCUT2D eigenvalue weighted by molar-refractivity contribution is 8.03. The van der Waals surface area contributed by atoms with E-state index in [2.05, 4.69) is 34.6 Å². The number of rotatable bonds is 8. The molecule has 1 aromatic heterocycles. The van der Waals surface area contributed by atoms with E-state index < -0.39 is 0 Å². The third-order valence-electron chi connectivity index (χ3n) is 4.12. The number of nitrogens with zero attached hydrogens (tertiary/aromatic N) is 2. The Hall–Kier alpha value is -1.05. The Bertz CT molecular complexity index is 732. The molecular formula is C18H23N3OS3. The summed E-state index contributed by atoms with van der Waals surface area (Å²) in [5.41, 5.74) is 3.68. The molecule has 1 N–H and O–H groups in total. The van der Waals surface area contributed by atoms with E-state index in [0.29, 0.717) is 0 Å². The van der Waals surface area contributed by atoms with E-state index in [4.69, 9.17) is 0 Å². The summed E-state index contributed by atoms with van der Waals surface area (Å²) in [6, 6.07) is 6.26. The van der Waals surface area contributed by atoms with Crippen LogP contribution in [-0.2, 0) is 17.6 Å². The first-order chi connectivity index (χ1) is 12.2. The molecule has 0 saturated heterocycles. The first-order valence-electron chi connectivity index (χ1n) is 8.71. The number of fused-ring (bicyclic) bond motifs is 1. The van der Waals surface area contributed by atoms with Crippen molar-refractivity contribution in [3.63, 3.8) is 0 Å². The van der Waals surface area contributed by atoms with Gasteiger partial charge in [-0.15, -0.1) is 10.2 Å². The highest BCUT2D eigenvalue weighted by atomic mass is 32.2. The van der Waals surface area contributed by atoms with Gasteiger partial charge in [0.05, 0.1) is 5.25 Å². The average Bonchev–Trinajstić information content (AvgIpc) is 3.24. The van der Waals surface area contributed by atoms with Gasteiger partial charge in [-0.1, -0.05) is 54.3 Å². The molecule has 2 aromatic rings. The van der Waals surface area contributed by atoms with Gasteiger partial charge >= 0.3 is 0 Å². The number of thioether (sulfide) groups is 2. The normalized spacial score (nSPS) is 14.3. The zero-order valence-corrected chi connectivity index (χ0v) is 17.0. The van der Waals surface area contributed by atoms with Crippen molar-refractivity contribution in [1.82, 2.24) is 10.2 Å². The Kier molecular flexibility index (Phi) is 6.78. The number of anilines is 1. The Labute approximate surface area is 161 Å². The molecule has 0 bridgehead atoms. The molecule has 0 unspecified atom stereocenters. The number of amides is 1. The van der Waals surface area contributed by atoms with Gasteiger partial charge in [-0.25, -0.2) is 0 Å². The fourth-order valence-electron chi connectivity index (χ4n) is 2.71. The number of hydrogen-bond donors (Lipinski definition) is 1. The third-order valence-corrected chi connectivity index (χ3v) is 7.45. The summed E-state index contributed by atoms with van der Waals surface area (Å²) in [5.74, 6) is 1.09. The van der Waals surface area contributed by atoms with Crippen molar-refractivity contribution in [3.05, 3.63) is 29.3 Å². The summed E-state index contributed by atoms with van der Waals surface area (Å²) in [6.07, 6.45) is 5.87. The highest BCUT2D eigenvalue weighted by Gasteiger charge is 2.18. The molecule has 1 amide bonds. The lowest BCUT2D eigenvalue weighted by Gasteiger charge is -2.11. The lowest BCUT2D eigenvalue weighted by Crippen LogP contribution is -2.22. The lowest BCUT2D eigenvalue weighted by molar-refractivity contribution is -0.115. The van der Waals surface area contributed by atoms with Crippen molar-refractivity contribution in [2.75, 3.05) is 11.1 Å². The van der Waals surface area contributed by atoms with Gasteiger partial charge < -0.3 is 5.32 Å². The monoisotopic (exact) mass is 393 g/mol. The minimum Gasteiger partial charge on any atom is -0.325 e. The number of nitrogens with one attached hydrogen (secondary N) is 1. The molecular weight excluding hydrogens is 370 g/mol. The quantitative estimate of drug-likeness (QED) is 0.503. The predicted octanol–water partition coefficient (Wildman–Crippen LogP) is 5.04. The first-order valence-corrected chi connectivity index (χ1v) is 11.4. The third kappa shape index (κ3) is 5.21. The summed E-state index contributed by atoms with van der Waals surface area (Å²) in [4.78, 5) is 12.5. The van der Waals surface area contributed by atoms with Gasteiger partial charge in [-0.2, -0.15) is 0 Å². The van der Waals surface area contributed by atoms with Gasteiger partial charge in [0.1, 0.15) is 0 Å². The maximum atomic E-state index is 12.5. The Morgan fingerprint density at radius 2 is 2.08 bits per heavy atom. The maximum Gasteiger partial charge on any atom is 0.237 e. The summed E-state index contributed by atoms with van der Waals surface area (Å²) >= 11 is 4.80. The van der Waals surface area contributed by atoms with E-state index in [1.807, 2.05) is 13.0 Å². The Morgan fingerprint density at radius 1 is 1.28 bits per heavy atom. The molecule has 0 radical (unpaired) electrons. The second-order valence-corrected chi connectivity index (χ2v) is 10.0. The van der Waals surface area contributed by atoms with Crippen LogP contribution < -0.4 is 5.32 Å². The van der Waals surface area contributed by atoms with Crippen LogP contribution in [0.3, 0.4) is 0 Å². The van der Waals surface area contributed by atoms with Crippen molar-refractivity contribution >= 4 is 46.5 Å². The topological polar surface area (TPSA) is 54.9 Å². The number of benzene rings is 1. The van der Waals surface area contributed by atoms with Crippen LogP contribution in [0.4, 0.5) is 5.69 Å². The molecule has 0 aliphatic heterocycles. The molecule has 1 aliphatic rings. The summed E-state index contributed by atoms with van der Waals surface area (Å²) in [6.45, 7) is 4.10. The summed E-state index contributed by atoms with van der Waals surface area (Å²) in [7, 11) is 0. The molecule has 4 nitrogen and oxygen atoms in total.